The number of halogens is 2. The highest BCUT2D eigenvalue weighted by Gasteiger charge is 2.12. The molecule has 2 rings (SSSR count). The topological polar surface area (TPSA) is 37.0 Å². The Morgan fingerprint density at radius 3 is 3.18 bits per heavy atom. The van der Waals surface area contributed by atoms with Crippen molar-refractivity contribution in [3.05, 3.63) is 14.8 Å². The summed E-state index contributed by atoms with van der Waals surface area (Å²) in [6, 6.07) is 1.88. The Balaban J connectivity index is 2.57. The third kappa shape index (κ3) is 1.24. The van der Waals surface area contributed by atoms with Gasteiger partial charge in [-0.3, -0.25) is 0 Å². The highest BCUT2D eigenvalue weighted by Crippen LogP contribution is 2.29. The fraction of sp³-hybridized carbons (Fsp3) is 0.167. The first-order valence-electron chi connectivity index (χ1n) is 3.11. The summed E-state index contributed by atoms with van der Waals surface area (Å²) in [7, 11) is 0. The van der Waals surface area contributed by atoms with E-state index in [9.17, 15) is 0 Å². The molecule has 2 heterocycles. The molecule has 0 spiro atoms. The molecule has 1 aromatic rings. The number of hydrogen-bond donors (Lipinski definition) is 2. The van der Waals surface area contributed by atoms with E-state index in [1.807, 2.05) is 6.07 Å². The maximum Gasteiger partial charge on any atom is 0.152 e. The molecular formula is C6H5ClIN3. The second-order valence-electron chi connectivity index (χ2n) is 2.19. The maximum atomic E-state index is 5.85. The lowest BCUT2D eigenvalue weighted by Crippen LogP contribution is -1.99. The van der Waals surface area contributed by atoms with Crippen molar-refractivity contribution in [2.45, 2.75) is 0 Å². The molecule has 58 valence electrons. The zero-order valence-electron chi connectivity index (χ0n) is 5.49. The van der Waals surface area contributed by atoms with Crippen LogP contribution in [0.3, 0.4) is 0 Å². The SMILES string of the molecule is Clc1cc2c(nc1I)NCN2. The summed E-state index contributed by atoms with van der Waals surface area (Å²) in [4.78, 5) is 4.23. The number of aromatic nitrogens is 1. The minimum Gasteiger partial charge on any atom is -0.365 e. The molecule has 3 nitrogen and oxygen atoms in total. The largest absolute Gasteiger partial charge is 0.365 e. The van der Waals surface area contributed by atoms with Crippen LogP contribution in [0.4, 0.5) is 11.5 Å². The molecule has 0 fully saturated rings. The van der Waals surface area contributed by atoms with Gasteiger partial charge in [0.05, 0.1) is 17.4 Å². The van der Waals surface area contributed by atoms with Crippen molar-refractivity contribution >= 4 is 45.7 Å². The van der Waals surface area contributed by atoms with E-state index >= 15 is 0 Å². The summed E-state index contributed by atoms with van der Waals surface area (Å²) in [5.41, 5.74) is 0.982. The molecule has 5 heteroatoms. The first-order valence-corrected chi connectivity index (χ1v) is 4.57. The number of hydrogen-bond acceptors (Lipinski definition) is 3. The summed E-state index contributed by atoms with van der Waals surface area (Å²) in [5.74, 6) is 0.888. The number of fused-ring (bicyclic) bond motifs is 1. The molecule has 0 atom stereocenters. The third-order valence-electron chi connectivity index (χ3n) is 1.47. The fourth-order valence-corrected chi connectivity index (χ4v) is 1.51. The van der Waals surface area contributed by atoms with Gasteiger partial charge in [-0.25, -0.2) is 4.98 Å². The molecule has 0 unspecified atom stereocenters. The molecule has 1 aliphatic rings. The van der Waals surface area contributed by atoms with Crippen molar-refractivity contribution in [2.24, 2.45) is 0 Å². The van der Waals surface area contributed by atoms with Crippen molar-refractivity contribution in [3.8, 4) is 0 Å². The normalized spacial score (nSPS) is 13.6. The van der Waals surface area contributed by atoms with Crippen LogP contribution >= 0.6 is 34.2 Å². The van der Waals surface area contributed by atoms with Gasteiger partial charge in [0.2, 0.25) is 0 Å². The van der Waals surface area contributed by atoms with Gasteiger partial charge in [0, 0.05) is 0 Å². The first kappa shape index (κ1) is 7.42. The predicted octanol–water partition coefficient (Wildman–Crippen LogP) is 2.13. The van der Waals surface area contributed by atoms with Gasteiger partial charge in [-0.2, -0.15) is 0 Å². The van der Waals surface area contributed by atoms with Gasteiger partial charge in [0.1, 0.15) is 3.70 Å². The van der Waals surface area contributed by atoms with E-state index in [0.29, 0.717) is 5.02 Å². The molecule has 2 N–H and O–H groups in total. The van der Waals surface area contributed by atoms with Gasteiger partial charge in [-0.15, -0.1) is 0 Å². The fourth-order valence-electron chi connectivity index (χ4n) is 0.959. The van der Waals surface area contributed by atoms with Crippen molar-refractivity contribution in [1.29, 1.82) is 0 Å². The molecule has 1 aliphatic heterocycles. The molecular weight excluding hydrogens is 276 g/mol. The molecule has 11 heavy (non-hydrogen) atoms. The summed E-state index contributed by atoms with van der Waals surface area (Å²) < 4.78 is 0.833. The van der Waals surface area contributed by atoms with Crippen LogP contribution in [0.25, 0.3) is 0 Å². The van der Waals surface area contributed by atoms with Gasteiger partial charge in [-0.1, -0.05) is 11.6 Å². The number of nitrogens with zero attached hydrogens (tertiary/aromatic N) is 1. The van der Waals surface area contributed by atoms with E-state index in [-0.39, 0.29) is 0 Å². The number of pyridine rings is 1. The van der Waals surface area contributed by atoms with Gasteiger partial charge >= 0.3 is 0 Å². The van der Waals surface area contributed by atoms with Crippen LogP contribution < -0.4 is 10.6 Å². The van der Waals surface area contributed by atoms with Gasteiger partial charge in [-0.05, 0) is 28.7 Å². The van der Waals surface area contributed by atoms with Crippen molar-refractivity contribution in [3.63, 3.8) is 0 Å². The smallest absolute Gasteiger partial charge is 0.152 e. The standard InChI is InChI=1S/C6H5ClIN3/c7-3-1-4-6(10-2-9-4)11-5(3)8/h1,9H,2H2,(H,10,11). The van der Waals surface area contributed by atoms with E-state index in [1.54, 1.807) is 0 Å². The van der Waals surface area contributed by atoms with Crippen LogP contribution in [0, 0.1) is 3.70 Å². The molecule has 0 aromatic carbocycles. The highest BCUT2D eigenvalue weighted by molar-refractivity contribution is 14.1. The number of anilines is 2. The zero-order valence-corrected chi connectivity index (χ0v) is 8.40. The Kier molecular flexibility index (Phi) is 1.80. The average molecular weight is 281 g/mol. The molecule has 1 aromatic heterocycles. The highest BCUT2D eigenvalue weighted by atomic mass is 127. The van der Waals surface area contributed by atoms with E-state index in [1.165, 1.54) is 0 Å². The summed E-state index contributed by atoms with van der Waals surface area (Å²) in [6.45, 7) is 0.735. The quantitative estimate of drug-likeness (QED) is 0.565. The van der Waals surface area contributed by atoms with Crippen LogP contribution in [0.5, 0.6) is 0 Å². The summed E-state index contributed by atoms with van der Waals surface area (Å²) in [5, 5.41) is 6.88. The second kappa shape index (κ2) is 2.67. The Morgan fingerprint density at radius 1 is 1.55 bits per heavy atom. The van der Waals surface area contributed by atoms with Crippen molar-refractivity contribution in [2.75, 3.05) is 17.3 Å². The Morgan fingerprint density at radius 2 is 2.36 bits per heavy atom. The van der Waals surface area contributed by atoms with E-state index < -0.39 is 0 Å². The zero-order chi connectivity index (χ0) is 7.84. The Labute approximate surface area is 82.7 Å². The van der Waals surface area contributed by atoms with Gasteiger partial charge < -0.3 is 10.6 Å². The maximum absolute atomic E-state index is 5.85. The minimum atomic E-state index is 0.695. The van der Waals surface area contributed by atoms with E-state index in [4.69, 9.17) is 11.6 Å². The third-order valence-corrected chi connectivity index (χ3v) is 2.90. The minimum absolute atomic E-state index is 0.695. The number of rotatable bonds is 0. The Hall–Kier alpha value is -0.230. The lowest BCUT2D eigenvalue weighted by molar-refractivity contribution is 1.24. The molecule has 0 amide bonds. The summed E-state index contributed by atoms with van der Waals surface area (Å²) in [6.07, 6.45) is 0. The van der Waals surface area contributed by atoms with Crippen LogP contribution in [0.1, 0.15) is 0 Å². The van der Waals surface area contributed by atoms with Crippen LogP contribution in [0.15, 0.2) is 6.07 Å². The Bertz CT molecular complexity index is 273. The van der Waals surface area contributed by atoms with Crippen LogP contribution in [0.2, 0.25) is 5.02 Å². The monoisotopic (exact) mass is 281 g/mol. The lowest BCUT2D eigenvalue weighted by atomic mass is 10.4. The van der Waals surface area contributed by atoms with Crippen molar-refractivity contribution < 1.29 is 0 Å². The molecule has 0 saturated carbocycles. The molecule has 0 saturated heterocycles. The summed E-state index contributed by atoms with van der Waals surface area (Å²) >= 11 is 7.96. The van der Waals surface area contributed by atoms with Gasteiger partial charge in [0.15, 0.2) is 5.82 Å². The van der Waals surface area contributed by atoms with E-state index in [0.717, 1.165) is 21.9 Å². The van der Waals surface area contributed by atoms with Crippen molar-refractivity contribution in [1.82, 2.24) is 4.98 Å². The van der Waals surface area contributed by atoms with Gasteiger partial charge in [0.25, 0.3) is 0 Å². The van der Waals surface area contributed by atoms with Crippen LogP contribution in [-0.4, -0.2) is 11.7 Å². The van der Waals surface area contributed by atoms with Crippen LogP contribution in [-0.2, 0) is 0 Å². The number of nitrogens with one attached hydrogen (secondary N) is 2. The second-order valence-corrected chi connectivity index (χ2v) is 3.62. The van der Waals surface area contributed by atoms with E-state index in [2.05, 4.69) is 38.2 Å². The average Bonchev–Trinajstić information content (AvgIpc) is 2.36. The first-order chi connectivity index (χ1) is 5.27. The predicted molar refractivity (Wildman–Crippen MR) is 54.1 cm³/mol. The lowest BCUT2D eigenvalue weighted by Gasteiger charge is -1.99. The molecule has 0 radical (unpaired) electrons. The molecule has 0 aliphatic carbocycles. The molecule has 0 bridgehead atoms.